The van der Waals surface area contributed by atoms with E-state index in [4.69, 9.17) is 5.11 Å². The van der Waals surface area contributed by atoms with Crippen molar-refractivity contribution >= 4 is 27.3 Å². The van der Waals surface area contributed by atoms with Crippen LogP contribution in [0.4, 0.5) is 0 Å². The van der Waals surface area contributed by atoms with Gasteiger partial charge in [-0.25, -0.2) is 8.42 Å². The predicted molar refractivity (Wildman–Crippen MR) is 86.3 cm³/mol. The number of carboxylic acid groups (broad SMARTS) is 1. The molecule has 1 atom stereocenters. The molecule has 2 aromatic rings. The first-order valence-corrected chi connectivity index (χ1v) is 9.11. The van der Waals surface area contributed by atoms with Crippen molar-refractivity contribution in [3.05, 3.63) is 41.1 Å². The van der Waals surface area contributed by atoms with E-state index in [-0.39, 0.29) is 10.8 Å². The van der Waals surface area contributed by atoms with Gasteiger partial charge in [0.2, 0.25) is 10.0 Å². The van der Waals surface area contributed by atoms with E-state index >= 15 is 0 Å². The molecule has 1 heterocycles. The molecule has 0 spiro atoms. The number of hydrogen-bond donors (Lipinski definition) is 2. The Hall–Kier alpha value is -1.70. The van der Waals surface area contributed by atoms with Crippen LogP contribution in [0.3, 0.4) is 0 Å². The van der Waals surface area contributed by atoms with Crippen LogP contribution in [0.15, 0.2) is 46.0 Å². The van der Waals surface area contributed by atoms with Crippen molar-refractivity contribution in [3.63, 3.8) is 0 Å². The van der Waals surface area contributed by atoms with Gasteiger partial charge in [-0.3, -0.25) is 4.79 Å². The second kappa shape index (κ2) is 6.60. The maximum Gasteiger partial charge on any atom is 0.322 e. The highest BCUT2D eigenvalue weighted by atomic mass is 32.2. The molecule has 0 aliphatic heterocycles. The van der Waals surface area contributed by atoms with Crippen molar-refractivity contribution in [3.8, 4) is 11.1 Å². The second-order valence-corrected chi connectivity index (χ2v) is 7.71. The minimum absolute atomic E-state index is 0.0541. The van der Waals surface area contributed by atoms with E-state index in [1.165, 1.54) is 12.1 Å². The summed E-state index contributed by atoms with van der Waals surface area (Å²) in [6.07, 6.45) is 0. The summed E-state index contributed by atoms with van der Waals surface area (Å²) in [5.41, 5.74) is 1.94. The minimum atomic E-state index is -3.86. The highest BCUT2D eigenvalue weighted by Gasteiger charge is 2.27. The number of rotatable bonds is 6. The Morgan fingerprint density at radius 1 is 1.14 bits per heavy atom. The topological polar surface area (TPSA) is 83.5 Å². The van der Waals surface area contributed by atoms with Crippen LogP contribution in [0.5, 0.6) is 0 Å². The fourth-order valence-corrected chi connectivity index (χ4v) is 3.96. The molecule has 0 fully saturated rings. The maximum absolute atomic E-state index is 12.3. The molecule has 118 valence electrons. The van der Waals surface area contributed by atoms with Gasteiger partial charge in [-0.15, -0.1) is 0 Å². The average Bonchev–Trinajstić information content (AvgIpc) is 2.98. The summed E-state index contributed by atoms with van der Waals surface area (Å²) in [6, 6.07) is 7.18. The van der Waals surface area contributed by atoms with Crippen LogP contribution in [0, 0.1) is 5.92 Å². The van der Waals surface area contributed by atoms with E-state index in [1.54, 1.807) is 37.3 Å². The Morgan fingerprint density at radius 3 is 2.23 bits per heavy atom. The molecule has 2 N–H and O–H groups in total. The zero-order chi connectivity index (χ0) is 16.3. The summed E-state index contributed by atoms with van der Waals surface area (Å²) in [6.45, 7) is 3.31. The SMILES string of the molecule is CC(C)C(NS(=O)(=O)c1ccc(-c2ccsc2)cc1)C(=O)O. The van der Waals surface area contributed by atoms with Crippen LogP contribution in [0.2, 0.25) is 0 Å². The molecule has 2 rings (SSSR count). The molecule has 0 aliphatic carbocycles. The normalized spacial score (nSPS) is 13.2. The van der Waals surface area contributed by atoms with E-state index in [9.17, 15) is 13.2 Å². The molecule has 1 aromatic carbocycles. The van der Waals surface area contributed by atoms with Crippen LogP contribution in [-0.4, -0.2) is 25.5 Å². The number of hydrogen-bond acceptors (Lipinski definition) is 4. The number of carbonyl (C=O) groups is 1. The van der Waals surface area contributed by atoms with Crippen molar-refractivity contribution in [1.29, 1.82) is 0 Å². The zero-order valence-corrected chi connectivity index (χ0v) is 13.8. The molecule has 0 bridgehead atoms. The predicted octanol–water partition coefficient (Wildman–Crippen LogP) is 2.80. The Bertz CT molecular complexity index is 734. The van der Waals surface area contributed by atoms with Crippen LogP contribution in [0.1, 0.15) is 13.8 Å². The lowest BCUT2D eigenvalue weighted by Gasteiger charge is -2.18. The number of carboxylic acids is 1. The van der Waals surface area contributed by atoms with Crippen molar-refractivity contribution < 1.29 is 18.3 Å². The largest absolute Gasteiger partial charge is 0.480 e. The lowest BCUT2D eigenvalue weighted by atomic mass is 10.1. The number of nitrogens with one attached hydrogen (secondary N) is 1. The lowest BCUT2D eigenvalue weighted by molar-refractivity contribution is -0.140. The Kier molecular flexibility index (Phi) is 5.00. The number of aliphatic carboxylic acids is 1. The average molecular weight is 339 g/mol. The quantitative estimate of drug-likeness (QED) is 0.848. The van der Waals surface area contributed by atoms with Gasteiger partial charge in [0.25, 0.3) is 0 Å². The third kappa shape index (κ3) is 3.73. The molecule has 22 heavy (non-hydrogen) atoms. The Balaban J connectivity index is 2.24. The van der Waals surface area contributed by atoms with Gasteiger partial charge in [-0.05, 0) is 46.0 Å². The van der Waals surface area contributed by atoms with Crippen molar-refractivity contribution in [2.24, 2.45) is 5.92 Å². The molecule has 7 heteroatoms. The van der Waals surface area contributed by atoms with E-state index in [2.05, 4.69) is 4.72 Å². The van der Waals surface area contributed by atoms with Crippen LogP contribution in [-0.2, 0) is 14.8 Å². The van der Waals surface area contributed by atoms with Gasteiger partial charge in [-0.1, -0.05) is 26.0 Å². The van der Waals surface area contributed by atoms with Gasteiger partial charge in [0.15, 0.2) is 0 Å². The highest BCUT2D eigenvalue weighted by Crippen LogP contribution is 2.23. The number of benzene rings is 1. The third-order valence-corrected chi connectivity index (χ3v) is 5.37. The summed E-state index contributed by atoms with van der Waals surface area (Å²) in [7, 11) is -3.86. The first kappa shape index (κ1) is 16.7. The molecule has 1 aromatic heterocycles. The Labute approximate surface area is 133 Å². The van der Waals surface area contributed by atoms with E-state index < -0.39 is 22.0 Å². The fourth-order valence-electron chi connectivity index (χ4n) is 1.96. The van der Waals surface area contributed by atoms with Gasteiger partial charge in [-0.2, -0.15) is 16.1 Å². The summed E-state index contributed by atoms with van der Waals surface area (Å²) >= 11 is 1.56. The van der Waals surface area contributed by atoms with Crippen LogP contribution in [0.25, 0.3) is 11.1 Å². The first-order chi connectivity index (χ1) is 10.3. The summed E-state index contributed by atoms with van der Waals surface area (Å²) in [4.78, 5) is 11.2. The first-order valence-electron chi connectivity index (χ1n) is 6.69. The summed E-state index contributed by atoms with van der Waals surface area (Å²) in [5, 5.41) is 13.0. The molecule has 0 radical (unpaired) electrons. The maximum atomic E-state index is 12.3. The third-order valence-electron chi connectivity index (χ3n) is 3.23. The molecular weight excluding hydrogens is 322 g/mol. The van der Waals surface area contributed by atoms with Gasteiger partial charge in [0.05, 0.1) is 4.90 Å². The van der Waals surface area contributed by atoms with Crippen molar-refractivity contribution in [1.82, 2.24) is 4.72 Å². The van der Waals surface area contributed by atoms with E-state index in [0.717, 1.165) is 11.1 Å². The van der Waals surface area contributed by atoms with Gasteiger partial charge < -0.3 is 5.11 Å². The van der Waals surface area contributed by atoms with Crippen LogP contribution >= 0.6 is 11.3 Å². The smallest absolute Gasteiger partial charge is 0.322 e. The minimum Gasteiger partial charge on any atom is -0.480 e. The molecule has 5 nitrogen and oxygen atoms in total. The van der Waals surface area contributed by atoms with E-state index in [0.29, 0.717) is 0 Å². The number of thiophene rings is 1. The number of sulfonamides is 1. The van der Waals surface area contributed by atoms with Gasteiger partial charge in [0, 0.05) is 0 Å². The second-order valence-electron chi connectivity index (χ2n) is 5.22. The summed E-state index contributed by atoms with van der Waals surface area (Å²) < 4.78 is 26.8. The van der Waals surface area contributed by atoms with Crippen molar-refractivity contribution in [2.75, 3.05) is 0 Å². The fraction of sp³-hybridized carbons (Fsp3) is 0.267. The molecular formula is C15H17NO4S2. The molecule has 1 unspecified atom stereocenters. The monoisotopic (exact) mass is 339 g/mol. The van der Waals surface area contributed by atoms with Crippen molar-refractivity contribution in [2.45, 2.75) is 24.8 Å². The molecule has 0 saturated carbocycles. The highest BCUT2D eigenvalue weighted by molar-refractivity contribution is 7.89. The molecule has 0 saturated heterocycles. The lowest BCUT2D eigenvalue weighted by Crippen LogP contribution is -2.44. The van der Waals surface area contributed by atoms with Gasteiger partial charge in [0.1, 0.15) is 6.04 Å². The van der Waals surface area contributed by atoms with Gasteiger partial charge >= 0.3 is 5.97 Å². The summed E-state index contributed by atoms with van der Waals surface area (Å²) in [5.74, 6) is -1.54. The molecule has 0 aliphatic rings. The van der Waals surface area contributed by atoms with Crippen LogP contribution < -0.4 is 4.72 Å². The zero-order valence-electron chi connectivity index (χ0n) is 12.2. The molecule has 0 amide bonds. The standard InChI is InChI=1S/C15H17NO4S2/c1-10(2)14(15(17)18)16-22(19,20)13-5-3-11(4-6-13)12-7-8-21-9-12/h3-10,14,16H,1-2H3,(H,17,18). The Morgan fingerprint density at radius 2 is 1.77 bits per heavy atom. The van der Waals surface area contributed by atoms with E-state index in [1.807, 2.05) is 16.8 Å².